The Hall–Kier alpha value is -3.25. The van der Waals surface area contributed by atoms with Gasteiger partial charge in [0, 0.05) is 5.56 Å². The highest BCUT2D eigenvalue weighted by Crippen LogP contribution is 2.39. The van der Waals surface area contributed by atoms with Crippen molar-refractivity contribution in [3.63, 3.8) is 0 Å². The van der Waals surface area contributed by atoms with Crippen LogP contribution in [-0.4, -0.2) is 34.7 Å². The van der Waals surface area contributed by atoms with E-state index in [9.17, 15) is 4.39 Å². The molecule has 2 heterocycles. The Kier molecular flexibility index (Phi) is 5.85. The number of halogens is 1. The monoisotopic (exact) mass is 445 g/mol. The summed E-state index contributed by atoms with van der Waals surface area (Å²) in [6.45, 7) is 8.17. The first-order valence-electron chi connectivity index (χ1n) is 11.5. The van der Waals surface area contributed by atoms with E-state index in [-0.39, 0.29) is 17.8 Å². The molecule has 0 atom stereocenters. The fourth-order valence-electron chi connectivity index (χ4n) is 4.67. The van der Waals surface area contributed by atoms with Crippen molar-refractivity contribution in [1.29, 1.82) is 0 Å². The van der Waals surface area contributed by atoms with Gasteiger partial charge in [-0.2, -0.15) is 4.98 Å². The number of fused-ring (bicyclic) bond motifs is 1. The standard InChI is InChI=1S/C27H28FN3O2/c1-3-31-15-13-27(2,14-16-31)24-6-4-5-19-9-12-22(17-23(19)24)32-18-25-29-26(30-33-25)20-7-10-21(28)11-8-20/h4-12,17H,3,13-16,18H2,1-2H3. The van der Waals surface area contributed by atoms with Gasteiger partial charge in [-0.15, -0.1) is 0 Å². The molecule has 1 aliphatic heterocycles. The molecular formula is C27H28FN3O2. The number of benzene rings is 3. The molecule has 5 rings (SSSR count). The third kappa shape index (κ3) is 4.48. The van der Waals surface area contributed by atoms with Crippen molar-refractivity contribution in [2.75, 3.05) is 19.6 Å². The van der Waals surface area contributed by atoms with Crippen molar-refractivity contribution in [1.82, 2.24) is 15.0 Å². The van der Waals surface area contributed by atoms with Crippen LogP contribution in [0, 0.1) is 5.82 Å². The van der Waals surface area contributed by atoms with Gasteiger partial charge in [0.05, 0.1) is 0 Å². The zero-order chi connectivity index (χ0) is 22.8. The Bertz CT molecular complexity index is 1240. The molecule has 33 heavy (non-hydrogen) atoms. The van der Waals surface area contributed by atoms with Crippen molar-refractivity contribution < 1.29 is 13.7 Å². The second-order valence-electron chi connectivity index (χ2n) is 8.99. The molecule has 1 aromatic heterocycles. The van der Waals surface area contributed by atoms with Crippen LogP contribution in [-0.2, 0) is 12.0 Å². The lowest BCUT2D eigenvalue weighted by Crippen LogP contribution is -2.40. The predicted molar refractivity (Wildman–Crippen MR) is 127 cm³/mol. The quantitative estimate of drug-likeness (QED) is 0.365. The number of likely N-dealkylation sites (tertiary alicyclic amines) is 1. The van der Waals surface area contributed by atoms with Gasteiger partial charge in [-0.05, 0) is 90.6 Å². The van der Waals surface area contributed by atoms with Crippen molar-refractivity contribution >= 4 is 10.8 Å². The topological polar surface area (TPSA) is 51.4 Å². The van der Waals surface area contributed by atoms with E-state index in [1.165, 1.54) is 28.5 Å². The molecule has 0 bridgehead atoms. The molecule has 0 spiro atoms. The minimum Gasteiger partial charge on any atom is -0.484 e. The second-order valence-corrected chi connectivity index (χ2v) is 8.99. The lowest BCUT2D eigenvalue weighted by Gasteiger charge is -2.40. The molecule has 0 radical (unpaired) electrons. The molecule has 1 fully saturated rings. The Morgan fingerprint density at radius 3 is 2.61 bits per heavy atom. The average molecular weight is 446 g/mol. The van der Waals surface area contributed by atoms with Gasteiger partial charge in [0.1, 0.15) is 11.6 Å². The zero-order valence-electron chi connectivity index (χ0n) is 19.1. The number of piperidine rings is 1. The first-order chi connectivity index (χ1) is 16.0. The zero-order valence-corrected chi connectivity index (χ0v) is 19.1. The molecule has 5 nitrogen and oxygen atoms in total. The number of nitrogens with zero attached hydrogens (tertiary/aromatic N) is 3. The molecule has 0 unspecified atom stereocenters. The highest BCUT2D eigenvalue weighted by Gasteiger charge is 2.32. The maximum Gasteiger partial charge on any atom is 0.264 e. The number of hydrogen-bond donors (Lipinski definition) is 0. The second kappa shape index (κ2) is 8.94. The summed E-state index contributed by atoms with van der Waals surface area (Å²) >= 11 is 0. The van der Waals surface area contributed by atoms with Crippen LogP contribution in [0.1, 0.15) is 38.1 Å². The minimum absolute atomic E-state index is 0.153. The average Bonchev–Trinajstić information content (AvgIpc) is 3.32. The summed E-state index contributed by atoms with van der Waals surface area (Å²) in [5.74, 6) is 1.26. The van der Waals surface area contributed by atoms with Gasteiger partial charge in [0.25, 0.3) is 5.89 Å². The third-order valence-corrected chi connectivity index (χ3v) is 6.84. The van der Waals surface area contributed by atoms with Crippen LogP contribution in [0.4, 0.5) is 4.39 Å². The number of ether oxygens (including phenoxy) is 1. The van der Waals surface area contributed by atoms with Gasteiger partial charge in [-0.1, -0.05) is 43.3 Å². The van der Waals surface area contributed by atoms with Gasteiger partial charge in [0.2, 0.25) is 5.82 Å². The summed E-state index contributed by atoms with van der Waals surface area (Å²) < 4.78 is 24.5. The van der Waals surface area contributed by atoms with Crippen LogP contribution < -0.4 is 4.74 Å². The van der Waals surface area contributed by atoms with E-state index in [1.54, 1.807) is 12.1 Å². The van der Waals surface area contributed by atoms with Crippen molar-refractivity contribution in [2.24, 2.45) is 0 Å². The van der Waals surface area contributed by atoms with E-state index in [4.69, 9.17) is 9.26 Å². The largest absolute Gasteiger partial charge is 0.484 e. The summed E-state index contributed by atoms with van der Waals surface area (Å²) in [5.41, 5.74) is 2.24. The van der Waals surface area contributed by atoms with Crippen LogP contribution in [0.15, 0.2) is 65.2 Å². The highest BCUT2D eigenvalue weighted by atomic mass is 19.1. The van der Waals surface area contributed by atoms with Crippen molar-refractivity contribution in [3.8, 4) is 17.1 Å². The maximum atomic E-state index is 13.1. The Morgan fingerprint density at radius 2 is 1.85 bits per heavy atom. The van der Waals surface area contributed by atoms with Gasteiger partial charge in [0.15, 0.2) is 6.61 Å². The predicted octanol–water partition coefficient (Wildman–Crippen LogP) is 5.98. The van der Waals surface area contributed by atoms with Gasteiger partial charge in [-0.3, -0.25) is 0 Å². The van der Waals surface area contributed by atoms with E-state index in [2.05, 4.69) is 59.2 Å². The first kappa shape index (κ1) is 21.6. The van der Waals surface area contributed by atoms with Crippen LogP contribution >= 0.6 is 0 Å². The van der Waals surface area contributed by atoms with Crippen LogP contribution in [0.2, 0.25) is 0 Å². The first-order valence-corrected chi connectivity index (χ1v) is 11.5. The molecule has 6 heteroatoms. The minimum atomic E-state index is -0.300. The Labute approximate surface area is 193 Å². The lowest BCUT2D eigenvalue weighted by molar-refractivity contribution is 0.176. The summed E-state index contributed by atoms with van der Waals surface area (Å²) in [6.07, 6.45) is 2.30. The normalized spacial score (nSPS) is 16.2. The molecule has 3 aromatic carbocycles. The number of rotatable bonds is 6. The molecule has 0 saturated carbocycles. The molecule has 4 aromatic rings. The highest BCUT2D eigenvalue weighted by molar-refractivity contribution is 5.88. The SMILES string of the molecule is CCN1CCC(C)(c2cccc3ccc(OCc4nc(-c5ccc(F)cc5)no4)cc23)CC1. The van der Waals surface area contributed by atoms with E-state index in [0.717, 1.165) is 38.2 Å². The van der Waals surface area contributed by atoms with Crippen molar-refractivity contribution in [2.45, 2.75) is 38.7 Å². The van der Waals surface area contributed by atoms with Gasteiger partial charge in [-0.25, -0.2) is 4.39 Å². The van der Waals surface area contributed by atoms with Gasteiger partial charge >= 0.3 is 0 Å². The molecular weight excluding hydrogens is 417 g/mol. The summed E-state index contributed by atoms with van der Waals surface area (Å²) in [7, 11) is 0. The third-order valence-electron chi connectivity index (χ3n) is 6.84. The number of aromatic nitrogens is 2. The maximum absolute atomic E-state index is 13.1. The molecule has 1 aliphatic rings. The van der Waals surface area contributed by atoms with Gasteiger partial charge < -0.3 is 14.2 Å². The van der Waals surface area contributed by atoms with Crippen molar-refractivity contribution in [3.05, 3.63) is 77.9 Å². The molecule has 0 N–H and O–H groups in total. The smallest absolute Gasteiger partial charge is 0.264 e. The van der Waals surface area contributed by atoms with E-state index >= 15 is 0 Å². The fourth-order valence-corrected chi connectivity index (χ4v) is 4.67. The molecule has 170 valence electrons. The lowest BCUT2D eigenvalue weighted by atomic mass is 9.73. The van der Waals surface area contributed by atoms with Crippen LogP contribution in [0.5, 0.6) is 5.75 Å². The molecule has 0 amide bonds. The molecule has 1 saturated heterocycles. The Morgan fingerprint density at radius 1 is 1.06 bits per heavy atom. The Balaban J connectivity index is 1.35. The molecule has 0 aliphatic carbocycles. The summed E-state index contributed by atoms with van der Waals surface area (Å²) in [5, 5.41) is 6.44. The fraction of sp³-hybridized carbons (Fsp3) is 0.333. The van der Waals surface area contributed by atoms with E-state index in [0.29, 0.717) is 17.3 Å². The summed E-state index contributed by atoms with van der Waals surface area (Å²) in [4.78, 5) is 6.89. The van der Waals surface area contributed by atoms with Crippen LogP contribution in [0.25, 0.3) is 22.2 Å². The van der Waals surface area contributed by atoms with E-state index < -0.39 is 0 Å². The van der Waals surface area contributed by atoms with Crippen LogP contribution in [0.3, 0.4) is 0 Å². The number of hydrogen-bond acceptors (Lipinski definition) is 5. The summed E-state index contributed by atoms with van der Waals surface area (Å²) in [6, 6.07) is 18.8. The van der Waals surface area contributed by atoms with E-state index in [1.807, 2.05) is 6.07 Å².